The van der Waals surface area contributed by atoms with Gasteiger partial charge in [-0.2, -0.15) is 8.42 Å². The Bertz CT molecular complexity index is 929. The molecule has 2 aromatic heterocycles. The minimum atomic E-state index is -3.65. The van der Waals surface area contributed by atoms with Gasteiger partial charge in [0.15, 0.2) is 11.0 Å². The largest absolute Gasteiger partial charge is 0.382 e. The topological polar surface area (TPSA) is 87.0 Å². The van der Waals surface area contributed by atoms with E-state index in [4.69, 9.17) is 4.18 Å². The molecule has 0 spiro atoms. The van der Waals surface area contributed by atoms with Crippen molar-refractivity contribution in [3.05, 3.63) is 54.9 Å². The maximum atomic E-state index is 12.0. The third kappa shape index (κ3) is 4.58. The van der Waals surface area contributed by atoms with Gasteiger partial charge in [-0.1, -0.05) is 30.0 Å². The molecule has 0 unspecified atom stereocenters. The smallest absolute Gasteiger partial charge is 0.310 e. The van der Waals surface area contributed by atoms with E-state index in [2.05, 4.69) is 15.2 Å². The van der Waals surface area contributed by atoms with Crippen LogP contribution in [0, 0.1) is 0 Å². The molecule has 0 bridgehead atoms. The second-order valence-electron chi connectivity index (χ2n) is 5.11. The molecule has 0 saturated heterocycles. The number of para-hydroxylation sites is 1. The summed E-state index contributed by atoms with van der Waals surface area (Å²) in [5, 5.41) is 8.91. The monoisotopic (exact) mass is 376 g/mol. The highest BCUT2D eigenvalue weighted by Crippen LogP contribution is 2.22. The van der Waals surface area contributed by atoms with Gasteiger partial charge in [0, 0.05) is 30.8 Å². The molecule has 0 atom stereocenters. The van der Waals surface area contributed by atoms with Crippen LogP contribution in [0.3, 0.4) is 0 Å². The molecule has 0 aliphatic rings. The van der Waals surface area contributed by atoms with Crippen LogP contribution in [-0.4, -0.2) is 39.7 Å². The van der Waals surface area contributed by atoms with E-state index in [1.54, 1.807) is 42.7 Å². The number of hydrogen-bond donors (Lipinski definition) is 0. The van der Waals surface area contributed by atoms with E-state index >= 15 is 0 Å². The van der Waals surface area contributed by atoms with E-state index in [-0.39, 0.29) is 5.75 Å². The number of aromatic nitrogens is 4. The Kier molecular flexibility index (Phi) is 5.34. The van der Waals surface area contributed by atoms with Crippen LogP contribution in [0.5, 0.6) is 5.75 Å². The molecule has 2 heterocycles. The molecule has 0 aliphatic carbocycles. The summed E-state index contributed by atoms with van der Waals surface area (Å²) in [5.41, 5.74) is 0.900. The number of pyridine rings is 1. The molecule has 0 fully saturated rings. The lowest BCUT2D eigenvalue weighted by Gasteiger charge is -2.07. The lowest BCUT2D eigenvalue weighted by Crippen LogP contribution is -2.15. The molecule has 130 valence electrons. The van der Waals surface area contributed by atoms with Gasteiger partial charge in [-0.05, 0) is 24.3 Å². The summed E-state index contributed by atoms with van der Waals surface area (Å²) in [6, 6.07) is 12.1. The molecular weight excluding hydrogens is 360 g/mol. The molecule has 25 heavy (non-hydrogen) atoms. The van der Waals surface area contributed by atoms with E-state index in [0.29, 0.717) is 22.5 Å². The molecule has 0 N–H and O–H groups in total. The third-order valence-corrected chi connectivity index (χ3v) is 5.74. The second kappa shape index (κ2) is 7.66. The summed E-state index contributed by atoms with van der Waals surface area (Å²) < 4.78 is 30.9. The van der Waals surface area contributed by atoms with Gasteiger partial charge in [-0.25, -0.2) is 0 Å². The molecular formula is C16H16N4O3S2. The summed E-state index contributed by atoms with van der Waals surface area (Å²) >= 11 is 1.31. The number of hydrogen-bond acceptors (Lipinski definition) is 7. The van der Waals surface area contributed by atoms with E-state index < -0.39 is 10.1 Å². The lowest BCUT2D eigenvalue weighted by atomic mass is 10.2. The van der Waals surface area contributed by atoms with Crippen molar-refractivity contribution in [2.75, 3.05) is 11.5 Å². The Morgan fingerprint density at radius 1 is 1.08 bits per heavy atom. The molecule has 0 radical (unpaired) electrons. The molecule has 0 saturated carbocycles. The first-order valence-electron chi connectivity index (χ1n) is 7.45. The number of rotatable bonds is 7. The average Bonchev–Trinajstić information content (AvgIpc) is 2.97. The summed E-state index contributed by atoms with van der Waals surface area (Å²) in [5.74, 6) is 1.21. The van der Waals surface area contributed by atoms with E-state index in [9.17, 15) is 8.42 Å². The van der Waals surface area contributed by atoms with E-state index in [1.807, 2.05) is 23.7 Å². The minimum absolute atomic E-state index is 0.121. The van der Waals surface area contributed by atoms with Gasteiger partial charge in [-0.3, -0.25) is 4.98 Å². The van der Waals surface area contributed by atoms with Gasteiger partial charge in [0.1, 0.15) is 5.75 Å². The Morgan fingerprint density at radius 2 is 1.80 bits per heavy atom. The van der Waals surface area contributed by atoms with Crippen molar-refractivity contribution in [1.82, 2.24) is 19.7 Å². The van der Waals surface area contributed by atoms with Crippen LogP contribution in [0.4, 0.5) is 0 Å². The first-order valence-corrected chi connectivity index (χ1v) is 10.0. The zero-order valence-corrected chi connectivity index (χ0v) is 15.1. The zero-order chi connectivity index (χ0) is 17.7. The summed E-state index contributed by atoms with van der Waals surface area (Å²) in [7, 11) is -1.81. The average molecular weight is 376 g/mol. The van der Waals surface area contributed by atoms with E-state index in [0.717, 1.165) is 5.56 Å². The Hall–Kier alpha value is -2.39. The number of nitrogens with zero attached hydrogens (tertiary/aromatic N) is 4. The van der Waals surface area contributed by atoms with E-state index in [1.165, 1.54) is 11.8 Å². The molecule has 3 rings (SSSR count). The van der Waals surface area contributed by atoms with Gasteiger partial charge >= 0.3 is 10.1 Å². The highest BCUT2D eigenvalue weighted by atomic mass is 32.2. The zero-order valence-electron chi connectivity index (χ0n) is 13.4. The summed E-state index contributed by atoms with van der Waals surface area (Å²) in [6.07, 6.45) is 3.37. The van der Waals surface area contributed by atoms with Crippen LogP contribution in [0.2, 0.25) is 0 Å². The molecule has 9 heteroatoms. The highest BCUT2D eigenvalue weighted by Gasteiger charge is 2.15. The van der Waals surface area contributed by atoms with Crippen LogP contribution < -0.4 is 4.18 Å². The minimum Gasteiger partial charge on any atom is -0.382 e. The first-order chi connectivity index (χ1) is 12.1. The fourth-order valence-electron chi connectivity index (χ4n) is 2.09. The molecule has 3 aromatic rings. The molecule has 0 amide bonds. The van der Waals surface area contributed by atoms with Crippen LogP contribution >= 0.6 is 11.8 Å². The van der Waals surface area contributed by atoms with Crippen LogP contribution in [0.15, 0.2) is 60.0 Å². The molecule has 7 nitrogen and oxygen atoms in total. The number of benzene rings is 1. The maximum absolute atomic E-state index is 12.0. The van der Waals surface area contributed by atoms with Crippen molar-refractivity contribution >= 4 is 21.9 Å². The second-order valence-corrected chi connectivity index (χ2v) is 7.86. The number of thioether (sulfide) groups is 1. The van der Waals surface area contributed by atoms with Crippen LogP contribution in [-0.2, 0) is 17.2 Å². The fourth-order valence-corrected chi connectivity index (χ4v) is 4.29. The first kappa shape index (κ1) is 17.4. The maximum Gasteiger partial charge on any atom is 0.310 e. The van der Waals surface area contributed by atoms with Crippen molar-refractivity contribution < 1.29 is 12.6 Å². The quantitative estimate of drug-likeness (QED) is 0.462. The Morgan fingerprint density at radius 3 is 2.52 bits per heavy atom. The summed E-state index contributed by atoms with van der Waals surface area (Å²) in [6.45, 7) is 0. The van der Waals surface area contributed by atoms with Gasteiger partial charge in [0.2, 0.25) is 0 Å². The van der Waals surface area contributed by atoms with Crippen LogP contribution in [0.1, 0.15) is 0 Å². The normalized spacial score (nSPS) is 11.4. The van der Waals surface area contributed by atoms with Gasteiger partial charge in [-0.15, -0.1) is 10.2 Å². The van der Waals surface area contributed by atoms with Crippen molar-refractivity contribution in [3.8, 4) is 17.1 Å². The van der Waals surface area contributed by atoms with Gasteiger partial charge < -0.3 is 8.75 Å². The highest BCUT2D eigenvalue weighted by molar-refractivity contribution is 8.00. The Labute approximate surface area is 150 Å². The summed E-state index contributed by atoms with van der Waals surface area (Å²) in [4.78, 5) is 3.98. The SMILES string of the molecule is Cn1c(SCCS(=O)(=O)Oc2ccccc2)nnc1-c1ccncc1. The van der Waals surface area contributed by atoms with Crippen molar-refractivity contribution in [2.24, 2.45) is 7.05 Å². The standard InChI is InChI=1S/C16H16N4O3S2/c1-20-15(13-7-9-17-10-8-13)18-19-16(20)24-11-12-25(21,22)23-14-5-3-2-4-6-14/h2-10H,11-12H2,1H3. The predicted molar refractivity (Wildman–Crippen MR) is 95.8 cm³/mol. The lowest BCUT2D eigenvalue weighted by molar-refractivity contribution is 0.488. The Balaban J connectivity index is 1.60. The van der Waals surface area contributed by atoms with Crippen molar-refractivity contribution in [3.63, 3.8) is 0 Å². The van der Waals surface area contributed by atoms with Gasteiger partial charge in [0.25, 0.3) is 0 Å². The van der Waals surface area contributed by atoms with Crippen molar-refractivity contribution in [2.45, 2.75) is 5.16 Å². The van der Waals surface area contributed by atoms with Gasteiger partial charge in [0.05, 0.1) is 5.75 Å². The molecule has 0 aliphatic heterocycles. The fraction of sp³-hybridized carbons (Fsp3) is 0.188. The van der Waals surface area contributed by atoms with Crippen LogP contribution in [0.25, 0.3) is 11.4 Å². The van der Waals surface area contributed by atoms with Crippen molar-refractivity contribution in [1.29, 1.82) is 0 Å². The molecule has 1 aromatic carbocycles. The predicted octanol–water partition coefficient (Wildman–Crippen LogP) is 2.38. The third-order valence-electron chi connectivity index (χ3n) is 3.30.